The summed E-state index contributed by atoms with van der Waals surface area (Å²) in [6.07, 6.45) is 2.17. The number of rotatable bonds is 7. The molecule has 0 fully saturated rings. The Morgan fingerprint density at radius 2 is 1.86 bits per heavy atom. The number of nitrogens with zero attached hydrogens (tertiary/aromatic N) is 2. The summed E-state index contributed by atoms with van der Waals surface area (Å²) in [6, 6.07) is 15.4. The number of carbonyl (C=O) groups is 1. The summed E-state index contributed by atoms with van der Waals surface area (Å²) in [5.41, 5.74) is 4.48. The first-order chi connectivity index (χ1) is 13.6. The van der Waals surface area contributed by atoms with Crippen LogP contribution in [0.4, 0.5) is 11.5 Å². The van der Waals surface area contributed by atoms with E-state index in [1.807, 2.05) is 56.3 Å². The smallest absolute Gasteiger partial charge is 0.274 e. The number of aromatic nitrogens is 2. The molecule has 0 bridgehead atoms. The summed E-state index contributed by atoms with van der Waals surface area (Å²) in [4.78, 5) is 20.8. The number of methoxy groups -OCH3 is 1. The summed E-state index contributed by atoms with van der Waals surface area (Å²) in [7, 11) is 1.66. The fourth-order valence-electron chi connectivity index (χ4n) is 2.83. The molecule has 6 nitrogen and oxygen atoms in total. The Labute approximate surface area is 165 Å². The minimum atomic E-state index is -0.265. The van der Waals surface area contributed by atoms with E-state index in [1.165, 1.54) is 11.9 Å². The molecule has 2 N–H and O–H groups in total. The molecule has 0 spiro atoms. The van der Waals surface area contributed by atoms with Crippen LogP contribution in [0, 0.1) is 13.8 Å². The van der Waals surface area contributed by atoms with Gasteiger partial charge in [0.1, 0.15) is 23.6 Å². The largest absolute Gasteiger partial charge is 0.496 e. The zero-order chi connectivity index (χ0) is 19.9. The van der Waals surface area contributed by atoms with Crippen LogP contribution in [0.2, 0.25) is 0 Å². The summed E-state index contributed by atoms with van der Waals surface area (Å²) in [5.74, 6) is 1.20. The van der Waals surface area contributed by atoms with Crippen LogP contribution < -0.4 is 15.4 Å². The van der Waals surface area contributed by atoms with E-state index in [2.05, 4.69) is 20.6 Å². The molecule has 0 aliphatic heterocycles. The molecule has 3 rings (SSSR count). The molecule has 0 radical (unpaired) electrons. The van der Waals surface area contributed by atoms with Gasteiger partial charge in [0.05, 0.1) is 7.11 Å². The van der Waals surface area contributed by atoms with Crippen LogP contribution in [0.25, 0.3) is 0 Å². The standard InChI is InChI=1S/C22H24N4O2/c1-15-8-9-18(12-16(15)2)26-22(27)19-13-21(25-14-24-19)23-11-10-17-6-4-5-7-20(17)28-3/h4-9,12-14H,10-11H2,1-3H3,(H,26,27)(H,23,24,25). The highest BCUT2D eigenvalue weighted by Crippen LogP contribution is 2.18. The third-order valence-corrected chi connectivity index (χ3v) is 4.56. The first kappa shape index (κ1) is 19.4. The summed E-state index contributed by atoms with van der Waals surface area (Å²) in [6.45, 7) is 4.71. The van der Waals surface area contributed by atoms with Crippen molar-refractivity contribution in [1.82, 2.24) is 9.97 Å². The Kier molecular flexibility index (Phi) is 6.22. The van der Waals surface area contributed by atoms with Crippen molar-refractivity contribution in [3.63, 3.8) is 0 Å². The average molecular weight is 376 g/mol. The van der Waals surface area contributed by atoms with Crippen molar-refractivity contribution in [2.75, 3.05) is 24.3 Å². The zero-order valence-corrected chi connectivity index (χ0v) is 16.3. The number of ether oxygens (including phenoxy) is 1. The number of carbonyl (C=O) groups excluding carboxylic acids is 1. The van der Waals surface area contributed by atoms with Gasteiger partial charge in [-0.2, -0.15) is 0 Å². The Balaban J connectivity index is 1.61. The van der Waals surface area contributed by atoms with E-state index in [1.54, 1.807) is 13.2 Å². The van der Waals surface area contributed by atoms with Gasteiger partial charge in [0.2, 0.25) is 0 Å². The minimum absolute atomic E-state index is 0.265. The Morgan fingerprint density at radius 3 is 2.64 bits per heavy atom. The lowest BCUT2D eigenvalue weighted by Gasteiger charge is -2.10. The summed E-state index contributed by atoms with van der Waals surface area (Å²) < 4.78 is 5.36. The maximum Gasteiger partial charge on any atom is 0.274 e. The van der Waals surface area contributed by atoms with Crippen molar-refractivity contribution in [1.29, 1.82) is 0 Å². The monoisotopic (exact) mass is 376 g/mol. The molecule has 0 saturated heterocycles. The lowest BCUT2D eigenvalue weighted by Crippen LogP contribution is -2.15. The number of hydrogen-bond donors (Lipinski definition) is 2. The van der Waals surface area contributed by atoms with Gasteiger partial charge < -0.3 is 15.4 Å². The maximum atomic E-state index is 12.5. The van der Waals surface area contributed by atoms with Gasteiger partial charge in [0, 0.05) is 18.3 Å². The predicted molar refractivity (Wildman–Crippen MR) is 111 cm³/mol. The predicted octanol–water partition coefficient (Wildman–Crippen LogP) is 4.01. The van der Waals surface area contributed by atoms with E-state index in [0.717, 1.165) is 29.0 Å². The fraction of sp³-hybridized carbons (Fsp3) is 0.227. The maximum absolute atomic E-state index is 12.5. The SMILES string of the molecule is COc1ccccc1CCNc1cc(C(=O)Nc2ccc(C)c(C)c2)ncn1. The van der Waals surface area contributed by atoms with Gasteiger partial charge in [0.25, 0.3) is 5.91 Å². The van der Waals surface area contributed by atoms with Crippen molar-refractivity contribution < 1.29 is 9.53 Å². The van der Waals surface area contributed by atoms with Crippen LogP contribution in [0.1, 0.15) is 27.2 Å². The van der Waals surface area contributed by atoms with Crippen molar-refractivity contribution in [3.05, 3.63) is 77.2 Å². The topological polar surface area (TPSA) is 76.1 Å². The van der Waals surface area contributed by atoms with Crippen LogP contribution >= 0.6 is 0 Å². The van der Waals surface area contributed by atoms with E-state index in [9.17, 15) is 4.79 Å². The van der Waals surface area contributed by atoms with Gasteiger partial charge in [-0.1, -0.05) is 24.3 Å². The zero-order valence-electron chi connectivity index (χ0n) is 16.3. The van der Waals surface area contributed by atoms with Crippen LogP contribution in [0.5, 0.6) is 5.75 Å². The Hall–Kier alpha value is -3.41. The second-order valence-electron chi connectivity index (χ2n) is 6.53. The molecular formula is C22H24N4O2. The highest BCUT2D eigenvalue weighted by molar-refractivity contribution is 6.03. The molecule has 0 saturated carbocycles. The molecule has 2 aromatic carbocycles. The van der Waals surface area contributed by atoms with Gasteiger partial charge in [-0.15, -0.1) is 0 Å². The van der Waals surface area contributed by atoms with Crippen LogP contribution in [-0.4, -0.2) is 29.5 Å². The molecule has 0 aliphatic rings. The number of aryl methyl sites for hydroxylation is 2. The lowest BCUT2D eigenvalue weighted by atomic mass is 10.1. The first-order valence-electron chi connectivity index (χ1n) is 9.13. The van der Waals surface area contributed by atoms with Gasteiger partial charge >= 0.3 is 0 Å². The molecule has 0 aliphatic carbocycles. The van der Waals surface area contributed by atoms with Crippen LogP contribution in [0.15, 0.2) is 54.9 Å². The third-order valence-electron chi connectivity index (χ3n) is 4.56. The molecule has 6 heteroatoms. The molecule has 144 valence electrons. The van der Waals surface area contributed by atoms with Crippen molar-refractivity contribution >= 4 is 17.4 Å². The van der Waals surface area contributed by atoms with Crippen LogP contribution in [-0.2, 0) is 6.42 Å². The second kappa shape index (κ2) is 8.99. The Bertz CT molecular complexity index is 972. The number of hydrogen-bond acceptors (Lipinski definition) is 5. The normalized spacial score (nSPS) is 10.4. The molecule has 0 atom stereocenters. The van der Waals surface area contributed by atoms with Gasteiger partial charge in [-0.3, -0.25) is 4.79 Å². The Morgan fingerprint density at radius 1 is 1.04 bits per heavy atom. The molecular weight excluding hydrogens is 352 g/mol. The number of nitrogens with one attached hydrogen (secondary N) is 2. The highest BCUT2D eigenvalue weighted by Gasteiger charge is 2.10. The van der Waals surface area contributed by atoms with E-state index >= 15 is 0 Å². The van der Waals surface area contributed by atoms with Gasteiger partial charge in [-0.05, 0) is 55.2 Å². The van der Waals surface area contributed by atoms with E-state index in [4.69, 9.17) is 4.74 Å². The van der Waals surface area contributed by atoms with E-state index < -0.39 is 0 Å². The highest BCUT2D eigenvalue weighted by atomic mass is 16.5. The van der Waals surface area contributed by atoms with E-state index in [0.29, 0.717) is 18.1 Å². The molecule has 1 heterocycles. The fourth-order valence-corrected chi connectivity index (χ4v) is 2.83. The summed E-state index contributed by atoms with van der Waals surface area (Å²) in [5, 5.41) is 6.11. The second-order valence-corrected chi connectivity index (χ2v) is 6.53. The van der Waals surface area contributed by atoms with Crippen molar-refractivity contribution in [2.45, 2.75) is 20.3 Å². The molecule has 0 unspecified atom stereocenters. The van der Waals surface area contributed by atoms with Crippen molar-refractivity contribution in [2.24, 2.45) is 0 Å². The van der Waals surface area contributed by atoms with Gasteiger partial charge in [-0.25, -0.2) is 9.97 Å². The number of amides is 1. The molecule has 1 aromatic heterocycles. The summed E-state index contributed by atoms with van der Waals surface area (Å²) >= 11 is 0. The number of para-hydroxylation sites is 1. The minimum Gasteiger partial charge on any atom is -0.496 e. The quantitative estimate of drug-likeness (QED) is 0.652. The van der Waals surface area contributed by atoms with Gasteiger partial charge in [0.15, 0.2) is 0 Å². The third kappa shape index (κ3) is 4.85. The van der Waals surface area contributed by atoms with E-state index in [-0.39, 0.29) is 5.91 Å². The molecule has 1 amide bonds. The first-order valence-corrected chi connectivity index (χ1v) is 9.13. The number of benzene rings is 2. The van der Waals surface area contributed by atoms with Crippen molar-refractivity contribution in [3.8, 4) is 5.75 Å². The lowest BCUT2D eigenvalue weighted by molar-refractivity contribution is 0.102. The molecule has 28 heavy (non-hydrogen) atoms. The number of anilines is 2. The average Bonchev–Trinajstić information content (AvgIpc) is 2.71. The van der Waals surface area contributed by atoms with Crippen LogP contribution in [0.3, 0.4) is 0 Å². The molecule has 3 aromatic rings.